The predicted molar refractivity (Wildman–Crippen MR) is 48.6 cm³/mol. The maximum Gasteiger partial charge on any atom is 0.344 e. The van der Waals surface area contributed by atoms with Gasteiger partial charge in [-0.2, -0.15) is 8.78 Å². The van der Waals surface area contributed by atoms with Gasteiger partial charge in [0, 0.05) is 0 Å². The number of halogens is 5. The topological polar surface area (TPSA) is 46.5 Å². The quantitative estimate of drug-likeness (QED) is 0.519. The summed E-state index contributed by atoms with van der Waals surface area (Å²) < 4.78 is 68.8. The summed E-state index contributed by atoms with van der Waals surface area (Å²) >= 11 is 0. The fourth-order valence-corrected chi connectivity index (χ4v) is 1.14. The van der Waals surface area contributed by atoms with Gasteiger partial charge >= 0.3 is 5.97 Å². The first-order valence-electron chi connectivity index (χ1n) is 4.72. The first-order chi connectivity index (χ1) is 8.31. The van der Waals surface area contributed by atoms with Crippen LogP contribution in [0.25, 0.3) is 0 Å². The lowest BCUT2D eigenvalue weighted by Crippen LogP contribution is -2.27. The van der Waals surface area contributed by atoms with Crippen LogP contribution in [0, 0.1) is 29.1 Å². The van der Waals surface area contributed by atoms with Crippen LogP contribution in [-0.2, 0) is 4.79 Å². The molecule has 8 heteroatoms. The molecule has 0 fully saturated rings. The van der Waals surface area contributed by atoms with Crippen LogP contribution in [0.1, 0.15) is 13.3 Å². The van der Waals surface area contributed by atoms with Crippen LogP contribution >= 0.6 is 0 Å². The summed E-state index contributed by atoms with van der Waals surface area (Å²) in [6, 6.07) is 0. The van der Waals surface area contributed by atoms with E-state index in [4.69, 9.17) is 5.11 Å². The molecule has 0 saturated heterocycles. The number of carboxylic acids is 1. The van der Waals surface area contributed by atoms with Crippen molar-refractivity contribution in [3.8, 4) is 5.75 Å². The molecule has 0 aliphatic carbocycles. The fourth-order valence-electron chi connectivity index (χ4n) is 1.14. The molecular formula is C10H7F5O3. The molecular weight excluding hydrogens is 263 g/mol. The molecule has 1 N–H and O–H groups in total. The van der Waals surface area contributed by atoms with Crippen molar-refractivity contribution >= 4 is 5.97 Å². The van der Waals surface area contributed by atoms with Gasteiger partial charge < -0.3 is 9.84 Å². The van der Waals surface area contributed by atoms with Gasteiger partial charge in [-0.15, -0.1) is 0 Å². The number of carbonyl (C=O) groups is 1. The zero-order valence-electron chi connectivity index (χ0n) is 8.94. The number of benzene rings is 1. The van der Waals surface area contributed by atoms with Crippen LogP contribution in [0.5, 0.6) is 5.75 Å². The monoisotopic (exact) mass is 270 g/mol. The molecule has 18 heavy (non-hydrogen) atoms. The lowest BCUT2D eigenvalue weighted by atomic mass is 10.2. The Kier molecular flexibility index (Phi) is 4.10. The summed E-state index contributed by atoms with van der Waals surface area (Å²) in [5, 5.41) is 8.58. The van der Waals surface area contributed by atoms with Crippen molar-refractivity contribution in [1.82, 2.24) is 0 Å². The molecule has 0 amide bonds. The Balaban J connectivity index is 3.29. The third-order valence-corrected chi connectivity index (χ3v) is 2.08. The Hall–Kier alpha value is -1.86. The first kappa shape index (κ1) is 14.2. The van der Waals surface area contributed by atoms with E-state index in [0.717, 1.165) is 0 Å². The van der Waals surface area contributed by atoms with Crippen LogP contribution in [-0.4, -0.2) is 17.2 Å². The third kappa shape index (κ3) is 2.36. The second-order valence-electron chi connectivity index (χ2n) is 3.25. The van der Waals surface area contributed by atoms with E-state index in [0.29, 0.717) is 0 Å². The van der Waals surface area contributed by atoms with E-state index in [2.05, 4.69) is 4.74 Å². The van der Waals surface area contributed by atoms with Crippen molar-refractivity contribution in [2.24, 2.45) is 0 Å². The molecule has 3 nitrogen and oxygen atoms in total. The van der Waals surface area contributed by atoms with Crippen LogP contribution in [0.3, 0.4) is 0 Å². The van der Waals surface area contributed by atoms with Gasteiger partial charge in [0.25, 0.3) is 0 Å². The summed E-state index contributed by atoms with van der Waals surface area (Å²) in [5.41, 5.74) is 0. The standard InChI is InChI=1S/C10H7F5O3/c1-2-3(10(16)17)18-9-7(14)5(12)4(11)6(13)8(9)15/h3H,2H2,1H3,(H,16,17). The van der Waals surface area contributed by atoms with Crippen molar-refractivity contribution in [2.75, 3.05) is 0 Å². The lowest BCUT2D eigenvalue weighted by Gasteiger charge is -2.15. The van der Waals surface area contributed by atoms with E-state index in [-0.39, 0.29) is 6.42 Å². The zero-order chi connectivity index (χ0) is 14.0. The second-order valence-corrected chi connectivity index (χ2v) is 3.25. The second kappa shape index (κ2) is 5.19. The van der Waals surface area contributed by atoms with Gasteiger partial charge in [-0.25, -0.2) is 18.0 Å². The van der Waals surface area contributed by atoms with Crippen molar-refractivity contribution in [1.29, 1.82) is 0 Å². The van der Waals surface area contributed by atoms with Crippen molar-refractivity contribution in [3.63, 3.8) is 0 Å². The summed E-state index contributed by atoms with van der Waals surface area (Å²) in [6.07, 6.45) is -1.92. The Morgan fingerprint density at radius 3 is 1.78 bits per heavy atom. The molecule has 1 atom stereocenters. The van der Waals surface area contributed by atoms with Crippen LogP contribution in [0.15, 0.2) is 0 Å². The Morgan fingerprint density at radius 2 is 1.44 bits per heavy atom. The number of rotatable bonds is 4. The normalized spacial score (nSPS) is 12.3. The van der Waals surface area contributed by atoms with Crippen LogP contribution < -0.4 is 4.74 Å². The Bertz CT molecular complexity index is 460. The number of carboxylic acid groups (broad SMARTS) is 1. The highest BCUT2D eigenvalue weighted by Gasteiger charge is 2.30. The summed E-state index contributed by atoms with van der Waals surface area (Å²) in [7, 11) is 0. The summed E-state index contributed by atoms with van der Waals surface area (Å²) in [4.78, 5) is 10.6. The van der Waals surface area contributed by atoms with Gasteiger partial charge in [0.2, 0.25) is 29.1 Å². The fraction of sp³-hybridized carbons (Fsp3) is 0.300. The Morgan fingerprint density at radius 1 is 1.06 bits per heavy atom. The summed E-state index contributed by atoms with van der Waals surface area (Å²) in [6.45, 7) is 1.31. The molecule has 0 heterocycles. The smallest absolute Gasteiger partial charge is 0.344 e. The Labute approximate surface area is 97.8 Å². The molecule has 1 unspecified atom stereocenters. The van der Waals surface area contributed by atoms with Crippen molar-refractivity contribution in [2.45, 2.75) is 19.4 Å². The van der Waals surface area contributed by atoms with Gasteiger partial charge in [-0.05, 0) is 6.42 Å². The largest absolute Gasteiger partial charge is 0.479 e. The van der Waals surface area contributed by atoms with Gasteiger partial charge in [-0.3, -0.25) is 0 Å². The van der Waals surface area contributed by atoms with Crippen LogP contribution in [0.2, 0.25) is 0 Å². The average molecular weight is 270 g/mol. The molecule has 0 aliphatic heterocycles. The van der Waals surface area contributed by atoms with E-state index in [1.807, 2.05) is 0 Å². The highest BCUT2D eigenvalue weighted by atomic mass is 19.2. The SMILES string of the molecule is CCC(Oc1c(F)c(F)c(F)c(F)c1F)C(=O)O. The number of hydrogen-bond acceptors (Lipinski definition) is 2. The van der Waals surface area contributed by atoms with E-state index in [9.17, 15) is 26.7 Å². The molecule has 1 aromatic rings. The first-order valence-corrected chi connectivity index (χ1v) is 4.72. The van der Waals surface area contributed by atoms with Gasteiger partial charge in [-0.1, -0.05) is 6.92 Å². The van der Waals surface area contributed by atoms with Gasteiger partial charge in [0.1, 0.15) is 0 Å². The molecule has 1 aromatic carbocycles. The molecule has 100 valence electrons. The molecule has 0 aromatic heterocycles. The molecule has 0 saturated carbocycles. The van der Waals surface area contributed by atoms with Crippen molar-refractivity contribution in [3.05, 3.63) is 29.1 Å². The highest BCUT2D eigenvalue weighted by molar-refractivity contribution is 5.72. The zero-order valence-corrected chi connectivity index (χ0v) is 8.94. The molecule has 1 rings (SSSR count). The predicted octanol–water partition coefficient (Wildman–Crippen LogP) is 2.62. The third-order valence-electron chi connectivity index (χ3n) is 2.08. The maximum absolute atomic E-state index is 13.1. The molecule has 0 aliphatic rings. The van der Waals surface area contributed by atoms with Crippen LogP contribution in [0.4, 0.5) is 22.0 Å². The van der Waals surface area contributed by atoms with Crippen molar-refractivity contribution < 1.29 is 36.6 Å². The number of hydrogen-bond donors (Lipinski definition) is 1. The van der Waals surface area contributed by atoms with E-state index in [1.54, 1.807) is 0 Å². The van der Waals surface area contributed by atoms with E-state index < -0.39 is 46.9 Å². The minimum absolute atomic E-state index is 0.213. The minimum atomic E-state index is -2.33. The molecule has 0 bridgehead atoms. The number of aliphatic carboxylic acids is 1. The molecule has 0 spiro atoms. The van der Waals surface area contributed by atoms with Gasteiger partial charge in [0.05, 0.1) is 0 Å². The van der Waals surface area contributed by atoms with E-state index >= 15 is 0 Å². The van der Waals surface area contributed by atoms with E-state index in [1.165, 1.54) is 6.92 Å². The summed E-state index contributed by atoms with van der Waals surface area (Å²) in [5.74, 6) is -14.3. The average Bonchev–Trinajstić information content (AvgIpc) is 2.34. The lowest BCUT2D eigenvalue weighted by molar-refractivity contribution is -0.145. The maximum atomic E-state index is 13.1. The number of ether oxygens (including phenoxy) is 1. The van der Waals surface area contributed by atoms with Gasteiger partial charge in [0.15, 0.2) is 11.9 Å². The minimum Gasteiger partial charge on any atom is -0.479 e. The highest BCUT2D eigenvalue weighted by Crippen LogP contribution is 2.30. The molecule has 0 radical (unpaired) electrons.